The van der Waals surface area contributed by atoms with Gasteiger partial charge in [-0.25, -0.2) is 0 Å². The third-order valence-electron chi connectivity index (χ3n) is 2.33. The molecule has 0 bridgehead atoms. The molecular weight excluding hydrogens is 208 g/mol. The first kappa shape index (κ1) is 13.2. The van der Waals surface area contributed by atoms with Crippen LogP contribution in [0.4, 0.5) is 0 Å². The first-order valence-corrected chi connectivity index (χ1v) is 5.68. The molecule has 0 saturated carbocycles. The molecular formula is C12H20O4. The van der Waals surface area contributed by atoms with Crippen molar-refractivity contribution < 1.29 is 19.1 Å². The van der Waals surface area contributed by atoms with Crippen molar-refractivity contribution in [3.05, 3.63) is 0 Å². The van der Waals surface area contributed by atoms with Crippen molar-refractivity contribution >= 4 is 11.8 Å². The van der Waals surface area contributed by atoms with Crippen LogP contribution in [0.15, 0.2) is 0 Å². The van der Waals surface area contributed by atoms with E-state index < -0.39 is 17.7 Å². The minimum Gasteiger partial charge on any atom is -0.460 e. The third kappa shape index (κ3) is 4.31. The van der Waals surface area contributed by atoms with Gasteiger partial charge < -0.3 is 9.47 Å². The Morgan fingerprint density at radius 3 is 2.38 bits per heavy atom. The number of carbonyl (C=O) groups is 2. The fourth-order valence-electron chi connectivity index (χ4n) is 1.67. The summed E-state index contributed by atoms with van der Waals surface area (Å²) in [7, 11) is 0. The lowest BCUT2D eigenvalue weighted by atomic mass is 10.1. The highest BCUT2D eigenvalue weighted by molar-refractivity contribution is 5.98. The predicted molar refractivity (Wildman–Crippen MR) is 59.0 cm³/mol. The Balaban J connectivity index is 2.37. The lowest BCUT2D eigenvalue weighted by molar-refractivity contribution is -0.157. The maximum absolute atomic E-state index is 11.7. The fraction of sp³-hybridized carbons (Fsp3) is 0.833. The zero-order valence-corrected chi connectivity index (χ0v) is 10.4. The maximum atomic E-state index is 11.7. The molecule has 1 aliphatic rings. The molecule has 0 aromatic heterocycles. The molecule has 0 N–H and O–H groups in total. The highest BCUT2D eigenvalue weighted by Crippen LogP contribution is 2.21. The van der Waals surface area contributed by atoms with Crippen LogP contribution in [0.2, 0.25) is 0 Å². The number of carbonyl (C=O) groups excluding carboxylic acids is 2. The molecule has 2 atom stereocenters. The minimum absolute atomic E-state index is 0.118. The maximum Gasteiger partial charge on any atom is 0.313 e. The summed E-state index contributed by atoms with van der Waals surface area (Å²) >= 11 is 0. The zero-order chi connectivity index (χ0) is 12.3. The van der Waals surface area contributed by atoms with Gasteiger partial charge in [0, 0.05) is 0 Å². The second kappa shape index (κ2) is 4.95. The number of rotatable bonds is 3. The standard InChI is InChI=1S/C12H20O4/c1-8-5-6-10(15-8)9(13)7-11(14)16-12(2,3)4/h8,10H,5-7H2,1-4H3. The second-order valence-electron chi connectivity index (χ2n) is 5.24. The van der Waals surface area contributed by atoms with Gasteiger partial charge in [-0.2, -0.15) is 0 Å². The van der Waals surface area contributed by atoms with E-state index in [1.807, 2.05) is 6.92 Å². The summed E-state index contributed by atoms with van der Waals surface area (Å²) < 4.78 is 10.5. The van der Waals surface area contributed by atoms with E-state index in [1.54, 1.807) is 20.8 Å². The van der Waals surface area contributed by atoms with Crippen LogP contribution < -0.4 is 0 Å². The molecule has 0 aromatic rings. The van der Waals surface area contributed by atoms with Crippen molar-refractivity contribution in [2.45, 2.75) is 64.8 Å². The molecule has 0 radical (unpaired) electrons. The van der Waals surface area contributed by atoms with Gasteiger partial charge in [0.25, 0.3) is 0 Å². The van der Waals surface area contributed by atoms with Crippen LogP contribution in [0.25, 0.3) is 0 Å². The lowest BCUT2D eigenvalue weighted by Crippen LogP contribution is -2.29. The number of Topliss-reactive ketones (excluding diaryl/α,β-unsaturated/α-hetero) is 1. The van der Waals surface area contributed by atoms with Crippen LogP contribution >= 0.6 is 0 Å². The largest absolute Gasteiger partial charge is 0.460 e. The molecule has 0 aliphatic carbocycles. The molecule has 0 aromatic carbocycles. The van der Waals surface area contributed by atoms with Crippen LogP contribution in [0.3, 0.4) is 0 Å². The molecule has 1 rings (SSSR count). The highest BCUT2D eigenvalue weighted by Gasteiger charge is 2.30. The Kier molecular flexibility index (Phi) is 4.08. The van der Waals surface area contributed by atoms with Crippen LogP contribution in [0.5, 0.6) is 0 Å². The van der Waals surface area contributed by atoms with Gasteiger partial charge in [0.2, 0.25) is 0 Å². The number of hydrogen-bond acceptors (Lipinski definition) is 4. The van der Waals surface area contributed by atoms with Crippen LogP contribution in [0.1, 0.15) is 47.0 Å². The summed E-state index contributed by atoms with van der Waals surface area (Å²) in [6.45, 7) is 7.28. The fourth-order valence-corrected chi connectivity index (χ4v) is 1.67. The summed E-state index contributed by atoms with van der Waals surface area (Å²) in [6.07, 6.45) is 1.11. The summed E-state index contributed by atoms with van der Waals surface area (Å²) in [5.74, 6) is -0.640. The molecule has 2 unspecified atom stereocenters. The van der Waals surface area contributed by atoms with Gasteiger partial charge in [0.15, 0.2) is 5.78 Å². The van der Waals surface area contributed by atoms with Crippen molar-refractivity contribution in [1.82, 2.24) is 0 Å². The van der Waals surface area contributed by atoms with E-state index in [-0.39, 0.29) is 18.3 Å². The number of ketones is 1. The molecule has 16 heavy (non-hydrogen) atoms. The van der Waals surface area contributed by atoms with Crippen molar-refractivity contribution in [3.8, 4) is 0 Å². The Hall–Kier alpha value is -0.900. The van der Waals surface area contributed by atoms with Gasteiger partial charge in [0.05, 0.1) is 6.10 Å². The van der Waals surface area contributed by atoms with Gasteiger partial charge in [-0.15, -0.1) is 0 Å². The third-order valence-corrected chi connectivity index (χ3v) is 2.33. The smallest absolute Gasteiger partial charge is 0.313 e. The molecule has 1 heterocycles. The van der Waals surface area contributed by atoms with Gasteiger partial charge in [-0.05, 0) is 40.5 Å². The van der Waals surface area contributed by atoms with E-state index in [4.69, 9.17) is 9.47 Å². The van der Waals surface area contributed by atoms with Crippen LogP contribution in [-0.2, 0) is 19.1 Å². The van der Waals surface area contributed by atoms with Crippen LogP contribution in [0, 0.1) is 0 Å². The van der Waals surface area contributed by atoms with Crippen molar-refractivity contribution in [2.75, 3.05) is 0 Å². The molecule has 0 amide bonds. The average Bonchev–Trinajstić information content (AvgIpc) is 2.47. The molecule has 1 aliphatic heterocycles. The molecule has 4 heteroatoms. The highest BCUT2D eigenvalue weighted by atomic mass is 16.6. The Morgan fingerprint density at radius 1 is 1.31 bits per heavy atom. The van der Waals surface area contributed by atoms with E-state index in [2.05, 4.69) is 0 Å². The Morgan fingerprint density at radius 2 is 1.94 bits per heavy atom. The average molecular weight is 228 g/mol. The monoisotopic (exact) mass is 228 g/mol. The van der Waals surface area contributed by atoms with E-state index in [1.165, 1.54) is 0 Å². The summed E-state index contributed by atoms with van der Waals surface area (Å²) in [6, 6.07) is 0. The quantitative estimate of drug-likeness (QED) is 0.546. The number of hydrogen-bond donors (Lipinski definition) is 0. The van der Waals surface area contributed by atoms with E-state index >= 15 is 0 Å². The summed E-state index contributed by atoms with van der Waals surface area (Å²) in [5, 5.41) is 0. The van der Waals surface area contributed by atoms with Crippen molar-refractivity contribution in [1.29, 1.82) is 0 Å². The molecule has 0 spiro atoms. The van der Waals surface area contributed by atoms with Gasteiger partial charge in [0.1, 0.15) is 18.1 Å². The molecule has 92 valence electrons. The summed E-state index contributed by atoms with van der Waals surface area (Å²) in [5.41, 5.74) is -0.540. The number of ether oxygens (including phenoxy) is 2. The normalized spacial score (nSPS) is 25.5. The predicted octanol–water partition coefficient (Wildman–Crippen LogP) is 1.85. The van der Waals surface area contributed by atoms with Crippen LogP contribution in [-0.4, -0.2) is 29.6 Å². The van der Waals surface area contributed by atoms with Gasteiger partial charge in [-0.1, -0.05) is 0 Å². The summed E-state index contributed by atoms with van der Waals surface area (Å²) in [4.78, 5) is 23.1. The first-order valence-electron chi connectivity index (χ1n) is 5.68. The Labute approximate surface area is 96.3 Å². The van der Waals surface area contributed by atoms with Crippen molar-refractivity contribution in [2.24, 2.45) is 0 Å². The van der Waals surface area contributed by atoms with E-state index in [9.17, 15) is 9.59 Å². The van der Waals surface area contributed by atoms with Gasteiger partial charge >= 0.3 is 5.97 Å². The number of esters is 1. The lowest BCUT2D eigenvalue weighted by Gasteiger charge is -2.19. The van der Waals surface area contributed by atoms with Gasteiger partial charge in [-0.3, -0.25) is 9.59 Å². The Bertz CT molecular complexity index is 277. The second-order valence-corrected chi connectivity index (χ2v) is 5.24. The first-order chi connectivity index (χ1) is 7.28. The molecule has 1 fully saturated rings. The zero-order valence-electron chi connectivity index (χ0n) is 10.4. The van der Waals surface area contributed by atoms with E-state index in [0.717, 1.165) is 6.42 Å². The topological polar surface area (TPSA) is 52.6 Å². The SMILES string of the molecule is CC1CCC(C(=O)CC(=O)OC(C)(C)C)O1. The van der Waals surface area contributed by atoms with E-state index in [0.29, 0.717) is 6.42 Å². The minimum atomic E-state index is -0.540. The molecule has 1 saturated heterocycles. The molecule has 4 nitrogen and oxygen atoms in total. The van der Waals surface area contributed by atoms with Crippen molar-refractivity contribution in [3.63, 3.8) is 0 Å².